The number of carbonyl (C=O) groups excluding carboxylic acids is 1. The fourth-order valence-corrected chi connectivity index (χ4v) is 2.36. The molecule has 100 valence electrons. The van der Waals surface area contributed by atoms with Gasteiger partial charge in [-0.3, -0.25) is 10.1 Å². The molecule has 0 aliphatic carbocycles. The summed E-state index contributed by atoms with van der Waals surface area (Å²) in [6.45, 7) is 0.466. The van der Waals surface area contributed by atoms with Gasteiger partial charge in [0.1, 0.15) is 6.04 Å². The van der Waals surface area contributed by atoms with Crippen molar-refractivity contribution in [1.82, 2.24) is 5.32 Å². The lowest BCUT2D eigenvalue weighted by Gasteiger charge is -2.15. The molecule has 4 nitrogen and oxygen atoms in total. The van der Waals surface area contributed by atoms with E-state index in [-0.39, 0.29) is 0 Å². The predicted octanol–water partition coefficient (Wildman–Crippen LogP) is 1.91. The standard InChI is InChI=1S/C13H13FN2O2S/c14-10-6-8(3-4-11(10)17)12(13(15)18)16-7-9-2-1-5-19-9/h1-6,12,16-17H,7H2,(H2,15,18). The van der Waals surface area contributed by atoms with Crippen molar-refractivity contribution in [3.8, 4) is 5.75 Å². The van der Waals surface area contributed by atoms with Crippen molar-refractivity contribution >= 4 is 17.2 Å². The number of hydrogen-bond acceptors (Lipinski definition) is 4. The summed E-state index contributed by atoms with van der Waals surface area (Å²) in [6.07, 6.45) is 0. The van der Waals surface area contributed by atoms with Crippen LogP contribution in [-0.4, -0.2) is 11.0 Å². The number of nitrogens with two attached hydrogens (primary N) is 1. The average Bonchev–Trinajstić information content (AvgIpc) is 2.86. The van der Waals surface area contributed by atoms with E-state index < -0.39 is 23.5 Å². The van der Waals surface area contributed by atoms with Gasteiger partial charge < -0.3 is 10.8 Å². The summed E-state index contributed by atoms with van der Waals surface area (Å²) in [4.78, 5) is 12.5. The Kier molecular flexibility index (Phi) is 4.13. The summed E-state index contributed by atoms with van der Waals surface area (Å²) in [6, 6.07) is 6.81. The highest BCUT2D eigenvalue weighted by molar-refractivity contribution is 7.09. The van der Waals surface area contributed by atoms with Gasteiger partial charge in [0.15, 0.2) is 11.6 Å². The van der Waals surface area contributed by atoms with Crippen LogP contribution >= 0.6 is 11.3 Å². The largest absolute Gasteiger partial charge is 0.505 e. The number of nitrogens with one attached hydrogen (secondary N) is 1. The van der Waals surface area contributed by atoms with E-state index in [9.17, 15) is 9.18 Å². The Labute approximate surface area is 113 Å². The van der Waals surface area contributed by atoms with E-state index in [1.807, 2.05) is 17.5 Å². The lowest BCUT2D eigenvalue weighted by molar-refractivity contribution is -0.120. The number of halogens is 1. The van der Waals surface area contributed by atoms with Gasteiger partial charge in [0.2, 0.25) is 5.91 Å². The van der Waals surface area contributed by atoms with Gasteiger partial charge in [0.05, 0.1) is 0 Å². The van der Waals surface area contributed by atoms with Gasteiger partial charge in [0.25, 0.3) is 0 Å². The number of rotatable bonds is 5. The lowest BCUT2D eigenvalue weighted by Crippen LogP contribution is -2.33. The van der Waals surface area contributed by atoms with Crippen molar-refractivity contribution in [1.29, 1.82) is 0 Å². The van der Waals surface area contributed by atoms with E-state index in [1.165, 1.54) is 12.1 Å². The lowest BCUT2D eigenvalue weighted by atomic mass is 10.1. The first-order valence-corrected chi connectivity index (χ1v) is 6.49. The van der Waals surface area contributed by atoms with Gasteiger partial charge in [-0.1, -0.05) is 12.1 Å². The minimum atomic E-state index is -0.794. The molecule has 0 spiro atoms. The van der Waals surface area contributed by atoms with Crippen LogP contribution in [0, 0.1) is 5.82 Å². The second kappa shape index (κ2) is 5.81. The number of primary amides is 1. The number of phenolic OH excluding ortho intramolecular Hbond substituents is 1. The molecule has 0 bridgehead atoms. The zero-order chi connectivity index (χ0) is 13.8. The van der Waals surface area contributed by atoms with Crippen molar-refractivity contribution in [2.45, 2.75) is 12.6 Å². The summed E-state index contributed by atoms with van der Waals surface area (Å²) >= 11 is 1.55. The number of thiophene rings is 1. The fraction of sp³-hybridized carbons (Fsp3) is 0.154. The van der Waals surface area contributed by atoms with Crippen LogP contribution in [0.2, 0.25) is 0 Å². The molecule has 0 saturated carbocycles. The molecule has 4 N–H and O–H groups in total. The molecule has 0 fully saturated rings. The van der Waals surface area contributed by atoms with Crippen molar-refractivity contribution in [2.24, 2.45) is 5.73 Å². The van der Waals surface area contributed by atoms with Crippen LogP contribution in [0.4, 0.5) is 4.39 Å². The molecular weight excluding hydrogens is 267 g/mol. The Hall–Kier alpha value is -1.92. The number of carbonyl (C=O) groups is 1. The van der Waals surface area contributed by atoms with E-state index in [4.69, 9.17) is 10.8 Å². The Morgan fingerprint density at radius 2 is 2.26 bits per heavy atom. The number of amides is 1. The molecule has 1 unspecified atom stereocenters. The van der Waals surface area contributed by atoms with Crippen molar-refractivity contribution in [2.75, 3.05) is 0 Å². The molecule has 2 aromatic rings. The van der Waals surface area contributed by atoms with Crippen LogP contribution in [0.5, 0.6) is 5.75 Å². The van der Waals surface area contributed by atoms with E-state index >= 15 is 0 Å². The molecule has 0 radical (unpaired) electrons. The SMILES string of the molecule is NC(=O)C(NCc1cccs1)c1ccc(O)c(F)c1. The van der Waals surface area contributed by atoms with E-state index in [1.54, 1.807) is 11.3 Å². The molecule has 0 aliphatic heterocycles. The highest BCUT2D eigenvalue weighted by Gasteiger charge is 2.18. The summed E-state index contributed by atoms with van der Waals surface area (Å²) < 4.78 is 13.3. The van der Waals surface area contributed by atoms with Crippen LogP contribution in [-0.2, 0) is 11.3 Å². The van der Waals surface area contributed by atoms with Gasteiger partial charge >= 0.3 is 0 Å². The maximum Gasteiger partial charge on any atom is 0.239 e. The van der Waals surface area contributed by atoms with Gasteiger partial charge in [-0.05, 0) is 29.1 Å². The Morgan fingerprint density at radius 3 is 2.84 bits per heavy atom. The van der Waals surface area contributed by atoms with Gasteiger partial charge in [-0.15, -0.1) is 11.3 Å². The number of hydrogen-bond donors (Lipinski definition) is 3. The quantitative estimate of drug-likeness (QED) is 0.783. The normalized spacial score (nSPS) is 12.3. The molecule has 1 amide bonds. The first kappa shape index (κ1) is 13.5. The summed E-state index contributed by atoms with van der Waals surface area (Å²) in [5.74, 6) is -1.83. The number of aromatic hydroxyl groups is 1. The molecule has 0 aliphatic rings. The third-order valence-corrected chi connectivity index (χ3v) is 3.53. The maximum absolute atomic E-state index is 13.3. The highest BCUT2D eigenvalue weighted by atomic mass is 32.1. The third kappa shape index (κ3) is 3.30. The minimum absolute atomic E-state index is 0.388. The van der Waals surface area contributed by atoms with Crippen molar-refractivity contribution in [3.05, 3.63) is 52.0 Å². The van der Waals surface area contributed by atoms with Gasteiger partial charge in [-0.2, -0.15) is 0 Å². The first-order valence-electron chi connectivity index (χ1n) is 5.61. The number of benzene rings is 1. The van der Waals surface area contributed by atoms with Gasteiger partial charge in [0, 0.05) is 11.4 Å². The number of phenols is 1. The summed E-state index contributed by atoms with van der Waals surface area (Å²) in [5, 5.41) is 14.0. The second-order valence-corrected chi connectivity index (χ2v) is 5.04. The maximum atomic E-state index is 13.3. The van der Waals surface area contributed by atoms with Crippen LogP contribution in [0.25, 0.3) is 0 Å². The monoisotopic (exact) mass is 280 g/mol. The zero-order valence-corrected chi connectivity index (χ0v) is 10.8. The minimum Gasteiger partial charge on any atom is -0.505 e. The van der Waals surface area contributed by atoms with Crippen molar-refractivity contribution < 1.29 is 14.3 Å². The van der Waals surface area contributed by atoms with Crippen LogP contribution in [0.1, 0.15) is 16.5 Å². The molecule has 19 heavy (non-hydrogen) atoms. The van der Waals surface area contributed by atoms with Crippen LogP contribution in [0.15, 0.2) is 35.7 Å². The average molecular weight is 280 g/mol. The van der Waals surface area contributed by atoms with E-state index in [0.717, 1.165) is 10.9 Å². The Balaban J connectivity index is 2.15. The Bertz CT molecular complexity index is 572. The van der Waals surface area contributed by atoms with E-state index in [0.29, 0.717) is 12.1 Å². The van der Waals surface area contributed by atoms with E-state index in [2.05, 4.69) is 5.32 Å². The highest BCUT2D eigenvalue weighted by Crippen LogP contribution is 2.21. The van der Waals surface area contributed by atoms with Crippen LogP contribution in [0.3, 0.4) is 0 Å². The summed E-state index contributed by atoms with van der Waals surface area (Å²) in [7, 11) is 0. The van der Waals surface area contributed by atoms with Gasteiger partial charge in [-0.25, -0.2) is 4.39 Å². The molecule has 1 heterocycles. The molecule has 1 aromatic carbocycles. The topological polar surface area (TPSA) is 75.4 Å². The molecule has 2 rings (SSSR count). The van der Waals surface area contributed by atoms with Crippen molar-refractivity contribution in [3.63, 3.8) is 0 Å². The predicted molar refractivity (Wildman–Crippen MR) is 71.2 cm³/mol. The molecule has 6 heteroatoms. The smallest absolute Gasteiger partial charge is 0.239 e. The second-order valence-electron chi connectivity index (χ2n) is 4.01. The molecular formula is C13H13FN2O2S. The van der Waals surface area contributed by atoms with Crippen LogP contribution < -0.4 is 11.1 Å². The molecule has 1 aromatic heterocycles. The molecule has 0 saturated heterocycles. The zero-order valence-electron chi connectivity index (χ0n) is 9.97. The Morgan fingerprint density at radius 1 is 1.47 bits per heavy atom. The summed E-state index contributed by atoms with van der Waals surface area (Å²) in [5.41, 5.74) is 5.70. The third-order valence-electron chi connectivity index (χ3n) is 2.65. The fourth-order valence-electron chi connectivity index (χ4n) is 1.70. The molecule has 1 atom stereocenters. The first-order chi connectivity index (χ1) is 9.08.